The van der Waals surface area contributed by atoms with Crippen LogP contribution < -0.4 is 9.47 Å². The Morgan fingerprint density at radius 2 is 1.67 bits per heavy atom. The van der Waals surface area contributed by atoms with E-state index >= 15 is 0 Å². The Bertz CT molecular complexity index is 413. The molecule has 0 spiro atoms. The molecule has 1 atom stereocenters. The summed E-state index contributed by atoms with van der Waals surface area (Å²) in [7, 11) is 3.23. The summed E-state index contributed by atoms with van der Waals surface area (Å²) in [5.74, 6) is 1.36. The van der Waals surface area contributed by atoms with Crippen LogP contribution >= 0.6 is 27.5 Å². The largest absolute Gasteiger partial charge is 0.493 e. The minimum atomic E-state index is 0.199. The summed E-state index contributed by atoms with van der Waals surface area (Å²) >= 11 is 10.00. The van der Waals surface area contributed by atoms with E-state index in [0.29, 0.717) is 16.5 Å². The second-order valence-electron chi connectivity index (χ2n) is 5.46. The number of alkyl halides is 1. The normalized spacial score (nSPS) is 13.3. The fourth-order valence-electron chi connectivity index (χ4n) is 1.76. The van der Waals surface area contributed by atoms with Crippen molar-refractivity contribution < 1.29 is 9.47 Å². The summed E-state index contributed by atoms with van der Waals surface area (Å²) in [6, 6.07) is 3.74. The molecule has 0 amide bonds. The molecule has 0 radical (unpaired) electrons. The van der Waals surface area contributed by atoms with Gasteiger partial charge in [-0.1, -0.05) is 48.3 Å². The van der Waals surface area contributed by atoms with Gasteiger partial charge in [-0.2, -0.15) is 0 Å². The SMILES string of the molecule is COc1cc(Cl)c(C(Br)CC(C)(C)C)cc1OC. The van der Waals surface area contributed by atoms with E-state index in [2.05, 4.69) is 36.7 Å². The molecule has 0 heterocycles. The van der Waals surface area contributed by atoms with Gasteiger partial charge in [-0.3, -0.25) is 0 Å². The highest BCUT2D eigenvalue weighted by Crippen LogP contribution is 2.42. The average Bonchev–Trinajstić information content (AvgIpc) is 2.26. The van der Waals surface area contributed by atoms with Crippen molar-refractivity contribution in [2.45, 2.75) is 32.0 Å². The maximum Gasteiger partial charge on any atom is 0.162 e. The minimum absolute atomic E-state index is 0.199. The van der Waals surface area contributed by atoms with E-state index in [9.17, 15) is 0 Å². The van der Waals surface area contributed by atoms with Crippen LogP contribution in [0.4, 0.5) is 0 Å². The summed E-state index contributed by atoms with van der Waals surface area (Å²) in [6.07, 6.45) is 0.988. The van der Waals surface area contributed by atoms with Crippen LogP contribution in [0.5, 0.6) is 11.5 Å². The first-order valence-electron chi connectivity index (χ1n) is 5.84. The van der Waals surface area contributed by atoms with Crippen LogP contribution in [-0.4, -0.2) is 14.2 Å². The molecule has 1 unspecified atom stereocenters. The van der Waals surface area contributed by atoms with Gasteiger partial charge in [0.05, 0.1) is 14.2 Å². The number of benzene rings is 1. The standard InChI is InChI=1S/C14H20BrClO2/c1-14(2,3)8-10(15)9-6-12(17-4)13(18-5)7-11(9)16/h6-7,10H,8H2,1-5H3. The second-order valence-corrected chi connectivity index (χ2v) is 6.97. The number of halogens is 2. The van der Waals surface area contributed by atoms with E-state index < -0.39 is 0 Å². The average molecular weight is 336 g/mol. The number of hydrogen-bond acceptors (Lipinski definition) is 2. The third-order valence-electron chi connectivity index (χ3n) is 2.63. The molecular formula is C14H20BrClO2. The third-order valence-corrected chi connectivity index (χ3v) is 3.78. The molecule has 0 aliphatic carbocycles. The molecule has 0 aliphatic rings. The first-order valence-corrected chi connectivity index (χ1v) is 7.13. The van der Waals surface area contributed by atoms with Crippen LogP contribution in [0.15, 0.2) is 12.1 Å². The number of ether oxygens (including phenoxy) is 2. The Morgan fingerprint density at radius 3 is 2.11 bits per heavy atom. The van der Waals surface area contributed by atoms with Crippen molar-refractivity contribution in [1.82, 2.24) is 0 Å². The van der Waals surface area contributed by atoms with E-state index in [1.807, 2.05) is 6.07 Å². The molecule has 0 aliphatic heterocycles. The lowest BCUT2D eigenvalue weighted by atomic mass is 9.88. The summed E-state index contributed by atoms with van der Waals surface area (Å²) in [5, 5.41) is 0.693. The lowest BCUT2D eigenvalue weighted by Gasteiger charge is -2.23. The number of hydrogen-bond donors (Lipinski definition) is 0. The molecule has 0 bridgehead atoms. The highest BCUT2D eigenvalue weighted by atomic mass is 79.9. The Kier molecular flexibility index (Phi) is 5.35. The van der Waals surface area contributed by atoms with Gasteiger partial charge in [0.1, 0.15) is 0 Å². The minimum Gasteiger partial charge on any atom is -0.493 e. The molecule has 1 aromatic carbocycles. The quantitative estimate of drug-likeness (QED) is 0.701. The first kappa shape index (κ1) is 15.6. The van der Waals surface area contributed by atoms with Gasteiger partial charge in [0.2, 0.25) is 0 Å². The molecule has 0 saturated carbocycles. The summed E-state index contributed by atoms with van der Waals surface area (Å²) in [4.78, 5) is 0.199. The van der Waals surface area contributed by atoms with Crippen LogP contribution in [0.1, 0.15) is 37.6 Å². The van der Waals surface area contributed by atoms with Gasteiger partial charge in [-0.05, 0) is 23.5 Å². The lowest BCUT2D eigenvalue weighted by molar-refractivity contribution is 0.353. The van der Waals surface area contributed by atoms with Gasteiger partial charge in [0, 0.05) is 15.9 Å². The number of methoxy groups -OCH3 is 2. The molecule has 4 heteroatoms. The van der Waals surface area contributed by atoms with Crippen molar-refractivity contribution in [1.29, 1.82) is 0 Å². The third kappa shape index (κ3) is 4.06. The van der Waals surface area contributed by atoms with Gasteiger partial charge >= 0.3 is 0 Å². The highest BCUT2D eigenvalue weighted by molar-refractivity contribution is 9.09. The predicted molar refractivity (Wildman–Crippen MR) is 80.3 cm³/mol. The second kappa shape index (κ2) is 6.16. The van der Waals surface area contributed by atoms with Crippen molar-refractivity contribution in [3.63, 3.8) is 0 Å². The van der Waals surface area contributed by atoms with Crippen LogP contribution in [0.3, 0.4) is 0 Å². The van der Waals surface area contributed by atoms with E-state index in [0.717, 1.165) is 12.0 Å². The Morgan fingerprint density at radius 1 is 1.17 bits per heavy atom. The molecule has 2 nitrogen and oxygen atoms in total. The molecule has 102 valence electrons. The Labute approximate surface area is 123 Å². The van der Waals surface area contributed by atoms with Crippen molar-refractivity contribution in [2.75, 3.05) is 14.2 Å². The van der Waals surface area contributed by atoms with Crippen LogP contribution in [0.25, 0.3) is 0 Å². The lowest BCUT2D eigenvalue weighted by Crippen LogP contribution is -2.09. The molecular weight excluding hydrogens is 316 g/mol. The maximum absolute atomic E-state index is 6.30. The van der Waals surface area contributed by atoms with Crippen LogP contribution in [-0.2, 0) is 0 Å². The van der Waals surface area contributed by atoms with E-state index in [1.54, 1.807) is 20.3 Å². The summed E-state index contributed by atoms with van der Waals surface area (Å²) in [6.45, 7) is 6.61. The monoisotopic (exact) mass is 334 g/mol. The summed E-state index contributed by atoms with van der Waals surface area (Å²) in [5.41, 5.74) is 1.26. The van der Waals surface area contributed by atoms with Crippen LogP contribution in [0, 0.1) is 5.41 Å². The van der Waals surface area contributed by atoms with Gasteiger partial charge in [0.25, 0.3) is 0 Å². The smallest absolute Gasteiger partial charge is 0.162 e. The highest BCUT2D eigenvalue weighted by Gasteiger charge is 2.21. The molecule has 1 aromatic rings. The van der Waals surface area contributed by atoms with E-state index in [-0.39, 0.29) is 10.2 Å². The molecule has 0 N–H and O–H groups in total. The number of rotatable bonds is 4. The summed E-state index contributed by atoms with van der Waals surface area (Å²) < 4.78 is 10.5. The van der Waals surface area contributed by atoms with Crippen molar-refractivity contribution in [3.05, 3.63) is 22.7 Å². The molecule has 1 rings (SSSR count). The van der Waals surface area contributed by atoms with Crippen molar-refractivity contribution in [2.24, 2.45) is 5.41 Å². The van der Waals surface area contributed by atoms with Crippen molar-refractivity contribution in [3.8, 4) is 11.5 Å². The fourth-order valence-corrected chi connectivity index (χ4v) is 3.52. The zero-order valence-corrected chi connectivity index (χ0v) is 13.9. The predicted octanol–water partition coefficient (Wildman–Crippen LogP) is 5.23. The molecule has 0 saturated heterocycles. The molecule has 18 heavy (non-hydrogen) atoms. The van der Waals surface area contributed by atoms with Gasteiger partial charge in [0.15, 0.2) is 11.5 Å². The van der Waals surface area contributed by atoms with Crippen LogP contribution in [0.2, 0.25) is 5.02 Å². The van der Waals surface area contributed by atoms with Crippen molar-refractivity contribution >= 4 is 27.5 Å². The first-order chi connectivity index (χ1) is 8.28. The van der Waals surface area contributed by atoms with Gasteiger partial charge in [-0.15, -0.1) is 0 Å². The van der Waals surface area contributed by atoms with Gasteiger partial charge in [-0.25, -0.2) is 0 Å². The fraction of sp³-hybridized carbons (Fsp3) is 0.571. The van der Waals surface area contributed by atoms with E-state index in [1.165, 1.54) is 0 Å². The Balaban J connectivity index is 3.09. The topological polar surface area (TPSA) is 18.5 Å². The van der Waals surface area contributed by atoms with Gasteiger partial charge < -0.3 is 9.47 Å². The Hall–Kier alpha value is -0.410. The zero-order chi connectivity index (χ0) is 13.9. The van der Waals surface area contributed by atoms with E-state index in [4.69, 9.17) is 21.1 Å². The molecule has 0 fully saturated rings. The maximum atomic E-state index is 6.30. The molecule has 0 aromatic heterocycles. The zero-order valence-electron chi connectivity index (χ0n) is 11.5.